The third-order valence-electron chi connectivity index (χ3n) is 4.22. The fourth-order valence-corrected chi connectivity index (χ4v) is 2.95. The molecule has 0 aliphatic carbocycles. The highest BCUT2D eigenvalue weighted by Gasteiger charge is 2.21. The van der Waals surface area contributed by atoms with Gasteiger partial charge in [0, 0.05) is 17.7 Å². The van der Waals surface area contributed by atoms with Crippen molar-refractivity contribution in [1.29, 1.82) is 0 Å². The number of hydrogen-bond donors (Lipinski definition) is 1. The van der Waals surface area contributed by atoms with Crippen LogP contribution >= 0.6 is 0 Å². The molecule has 134 valence electrons. The summed E-state index contributed by atoms with van der Waals surface area (Å²) in [6.07, 6.45) is 0. The van der Waals surface area contributed by atoms with E-state index in [1.165, 1.54) is 12.1 Å². The standard InChI is InChI=1S/C21H16FN3O2/c1-2-23-20(26)16-12-17(13-6-4-3-5-7-13)24-21-18(16)19(25-27-21)14-8-10-15(22)11-9-14/h3-12H,2H2,1H3,(H,23,26). The average molecular weight is 361 g/mol. The third-order valence-corrected chi connectivity index (χ3v) is 4.22. The zero-order chi connectivity index (χ0) is 18.8. The van der Waals surface area contributed by atoms with Gasteiger partial charge in [0.1, 0.15) is 11.5 Å². The zero-order valence-electron chi connectivity index (χ0n) is 14.6. The van der Waals surface area contributed by atoms with Crippen LogP contribution in [0, 0.1) is 5.82 Å². The number of nitrogens with zero attached hydrogens (tertiary/aromatic N) is 2. The number of rotatable bonds is 4. The van der Waals surface area contributed by atoms with E-state index in [2.05, 4.69) is 15.5 Å². The lowest BCUT2D eigenvalue weighted by molar-refractivity contribution is 0.0957. The first-order valence-corrected chi connectivity index (χ1v) is 8.57. The number of carbonyl (C=O) groups is 1. The molecule has 0 spiro atoms. The minimum atomic E-state index is -0.347. The van der Waals surface area contributed by atoms with Crippen molar-refractivity contribution in [2.75, 3.05) is 6.54 Å². The lowest BCUT2D eigenvalue weighted by atomic mass is 10.0. The number of amides is 1. The molecule has 5 nitrogen and oxygen atoms in total. The molecule has 2 heterocycles. The maximum Gasteiger partial charge on any atom is 0.259 e. The number of pyridine rings is 1. The minimum absolute atomic E-state index is 0.242. The van der Waals surface area contributed by atoms with Crippen molar-refractivity contribution in [3.63, 3.8) is 0 Å². The smallest absolute Gasteiger partial charge is 0.259 e. The van der Waals surface area contributed by atoms with E-state index in [0.29, 0.717) is 34.4 Å². The van der Waals surface area contributed by atoms with Gasteiger partial charge >= 0.3 is 0 Å². The number of halogens is 1. The molecule has 4 aromatic rings. The molecule has 0 aliphatic rings. The van der Waals surface area contributed by atoms with Crippen molar-refractivity contribution in [2.45, 2.75) is 6.92 Å². The maximum absolute atomic E-state index is 13.3. The fraction of sp³-hybridized carbons (Fsp3) is 0.0952. The van der Waals surface area contributed by atoms with E-state index >= 15 is 0 Å². The van der Waals surface area contributed by atoms with Crippen molar-refractivity contribution in [2.24, 2.45) is 0 Å². The van der Waals surface area contributed by atoms with Gasteiger partial charge in [0.25, 0.3) is 11.6 Å². The van der Waals surface area contributed by atoms with Crippen molar-refractivity contribution in [1.82, 2.24) is 15.5 Å². The molecule has 0 saturated heterocycles. The van der Waals surface area contributed by atoms with Gasteiger partial charge in [-0.15, -0.1) is 0 Å². The monoisotopic (exact) mass is 361 g/mol. The van der Waals surface area contributed by atoms with Crippen LogP contribution in [0.4, 0.5) is 4.39 Å². The van der Waals surface area contributed by atoms with E-state index in [1.807, 2.05) is 37.3 Å². The van der Waals surface area contributed by atoms with Crippen molar-refractivity contribution in [3.8, 4) is 22.5 Å². The van der Waals surface area contributed by atoms with Crippen LogP contribution in [-0.4, -0.2) is 22.6 Å². The summed E-state index contributed by atoms with van der Waals surface area (Å²) in [6, 6.07) is 17.1. The van der Waals surface area contributed by atoms with Crippen LogP contribution in [0.3, 0.4) is 0 Å². The molecule has 1 N–H and O–H groups in total. The van der Waals surface area contributed by atoms with Crippen LogP contribution in [0.2, 0.25) is 0 Å². The van der Waals surface area contributed by atoms with Crippen molar-refractivity contribution < 1.29 is 13.7 Å². The quantitative estimate of drug-likeness (QED) is 0.583. The highest BCUT2D eigenvalue weighted by atomic mass is 19.1. The molecule has 0 bridgehead atoms. The summed E-state index contributed by atoms with van der Waals surface area (Å²) in [4.78, 5) is 17.2. The van der Waals surface area contributed by atoms with E-state index in [-0.39, 0.29) is 17.4 Å². The summed E-state index contributed by atoms with van der Waals surface area (Å²) in [7, 11) is 0. The van der Waals surface area contributed by atoms with Crippen LogP contribution in [-0.2, 0) is 0 Å². The highest BCUT2D eigenvalue weighted by Crippen LogP contribution is 2.32. The Labute approximate surface area is 154 Å². The summed E-state index contributed by atoms with van der Waals surface area (Å²) in [6.45, 7) is 2.34. The number of benzene rings is 2. The van der Waals surface area contributed by atoms with E-state index in [1.54, 1.807) is 18.2 Å². The molecule has 0 aliphatic heterocycles. The van der Waals surface area contributed by atoms with Crippen LogP contribution in [0.5, 0.6) is 0 Å². The second-order valence-electron chi connectivity index (χ2n) is 6.00. The Morgan fingerprint density at radius 3 is 2.52 bits per heavy atom. The second-order valence-corrected chi connectivity index (χ2v) is 6.00. The Balaban J connectivity index is 1.95. The lowest BCUT2D eigenvalue weighted by Gasteiger charge is -2.07. The molecule has 4 rings (SSSR count). The van der Waals surface area contributed by atoms with Crippen LogP contribution < -0.4 is 5.32 Å². The first kappa shape index (κ1) is 16.9. The Morgan fingerprint density at radius 1 is 1.07 bits per heavy atom. The Bertz CT molecular complexity index is 1110. The van der Waals surface area contributed by atoms with Gasteiger partial charge in [0.05, 0.1) is 16.6 Å². The van der Waals surface area contributed by atoms with Crippen LogP contribution in [0.1, 0.15) is 17.3 Å². The zero-order valence-corrected chi connectivity index (χ0v) is 14.6. The molecule has 0 fully saturated rings. The summed E-state index contributed by atoms with van der Waals surface area (Å²) in [5.74, 6) is -0.589. The van der Waals surface area contributed by atoms with E-state index < -0.39 is 0 Å². The normalized spacial score (nSPS) is 10.9. The molecule has 0 atom stereocenters. The van der Waals surface area contributed by atoms with Gasteiger partial charge in [-0.2, -0.15) is 0 Å². The van der Waals surface area contributed by atoms with Gasteiger partial charge in [-0.25, -0.2) is 9.37 Å². The number of hydrogen-bond acceptors (Lipinski definition) is 4. The summed E-state index contributed by atoms with van der Waals surface area (Å²) < 4.78 is 18.7. The molecular formula is C21H16FN3O2. The van der Waals surface area contributed by atoms with Gasteiger partial charge in [-0.3, -0.25) is 4.79 Å². The van der Waals surface area contributed by atoms with Gasteiger partial charge in [0.15, 0.2) is 0 Å². The molecule has 6 heteroatoms. The molecule has 2 aromatic carbocycles. The van der Waals surface area contributed by atoms with Crippen molar-refractivity contribution in [3.05, 3.63) is 72.0 Å². The van der Waals surface area contributed by atoms with Gasteiger partial charge in [0.2, 0.25) is 0 Å². The first-order chi connectivity index (χ1) is 13.2. The Hall–Kier alpha value is -3.54. The first-order valence-electron chi connectivity index (χ1n) is 8.57. The molecule has 0 saturated carbocycles. The third kappa shape index (κ3) is 3.17. The second kappa shape index (κ2) is 6.99. The number of nitrogens with one attached hydrogen (secondary N) is 1. The molecule has 2 aromatic heterocycles. The fourth-order valence-electron chi connectivity index (χ4n) is 2.95. The van der Waals surface area contributed by atoms with E-state index in [9.17, 15) is 9.18 Å². The van der Waals surface area contributed by atoms with Gasteiger partial charge in [-0.1, -0.05) is 35.5 Å². The molecule has 0 unspecified atom stereocenters. The summed E-state index contributed by atoms with van der Waals surface area (Å²) in [5, 5.41) is 7.41. The average Bonchev–Trinajstić information content (AvgIpc) is 3.13. The van der Waals surface area contributed by atoms with E-state index in [4.69, 9.17) is 4.52 Å². The Kier molecular flexibility index (Phi) is 4.38. The van der Waals surface area contributed by atoms with Crippen molar-refractivity contribution >= 4 is 17.0 Å². The number of fused-ring (bicyclic) bond motifs is 1. The predicted octanol–water partition coefficient (Wildman–Crippen LogP) is 4.45. The molecular weight excluding hydrogens is 345 g/mol. The number of carbonyl (C=O) groups excluding carboxylic acids is 1. The topological polar surface area (TPSA) is 68.0 Å². The molecule has 1 amide bonds. The van der Waals surface area contributed by atoms with Crippen LogP contribution in [0.15, 0.2) is 65.2 Å². The van der Waals surface area contributed by atoms with E-state index in [0.717, 1.165) is 5.56 Å². The van der Waals surface area contributed by atoms with Gasteiger partial charge < -0.3 is 9.84 Å². The number of aromatic nitrogens is 2. The largest absolute Gasteiger partial charge is 0.352 e. The molecule has 0 radical (unpaired) electrons. The predicted molar refractivity (Wildman–Crippen MR) is 101 cm³/mol. The highest BCUT2D eigenvalue weighted by molar-refractivity contribution is 6.10. The Morgan fingerprint density at radius 2 is 1.81 bits per heavy atom. The SMILES string of the molecule is CCNC(=O)c1cc(-c2ccccc2)nc2onc(-c3ccc(F)cc3)c12. The maximum atomic E-state index is 13.3. The van der Waals surface area contributed by atoms with Gasteiger partial charge in [-0.05, 0) is 37.3 Å². The summed E-state index contributed by atoms with van der Waals surface area (Å²) in [5.41, 5.74) is 3.27. The van der Waals surface area contributed by atoms with Crippen LogP contribution in [0.25, 0.3) is 33.6 Å². The minimum Gasteiger partial charge on any atom is -0.352 e. The molecule has 27 heavy (non-hydrogen) atoms. The lowest BCUT2D eigenvalue weighted by Crippen LogP contribution is -2.23. The summed E-state index contributed by atoms with van der Waals surface area (Å²) >= 11 is 0.